The molecule has 12 nitrogen and oxygen atoms in total. The van der Waals surface area contributed by atoms with Crippen molar-refractivity contribution in [3.8, 4) is 23.0 Å². The summed E-state index contributed by atoms with van der Waals surface area (Å²) >= 11 is 0. The van der Waals surface area contributed by atoms with Gasteiger partial charge in [0.2, 0.25) is 0 Å². The van der Waals surface area contributed by atoms with Gasteiger partial charge in [0.15, 0.2) is 17.8 Å². The second-order valence-corrected chi connectivity index (χ2v) is 14.1. The largest absolute Gasteiger partial charge is 0.497 e. The fourth-order valence-electron chi connectivity index (χ4n) is 7.50. The molecule has 5 aromatic rings. The number of hydrogen-bond acceptors (Lipinski definition) is 10. The summed E-state index contributed by atoms with van der Waals surface area (Å²) in [5.41, 5.74) is 3.67. The first-order valence-corrected chi connectivity index (χ1v) is 18.6. The zero-order valence-electron chi connectivity index (χ0n) is 31.9. The third-order valence-electron chi connectivity index (χ3n) is 10.7. The Balaban J connectivity index is 1.24. The maximum Gasteiger partial charge on any atom is 0.349 e. The highest BCUT2D eigenvalue weighted by atomic mass is 16.7. The molecule has 57 heavy (non-hydrogen) atoms. The molecule has 0 aromatic heterocycles. The Morgan fingerprint density at radius 3 is 1.91 bits per heavy atom. The summed E-state index contributed by atoms with van der Waals surface area (Å²) in [5, 5.41) is 12.3. The average Bonchev–Trinajstić information content (AvgIpc) is 3.24. The second-order valence-electron chi connectivity index (χ2n) is 14.1. The van der Waals surface area contributed by atoms with E-state index in [4.69, 9.17) is 23.7 Å². The van der Waals surface area contributed by atoms with Gasteiger partial charge in [-0.15, -0.1) is 0 Å². The van der Waals surface area contributed by atoms with E-state index in [9.17, 15) is 14.7 Å². The van der Waals surface area contributed by atoms with E-state index in [1.54, 1.807) is 18.8 Å². The van der Waals surface area contributed by atoms with E-state index in [0.717, 1.165) is 33.4 Å². The van der Waals surface area contributed by atoms with E-state index in [2.05, 4.69) is 15.0 Å². The molecule has 0 saturated carbocycles. The van der Waals surface area contributed by atoms with Gasteiger partial charge in [0.25, 0.3) is 5.56 Å². The molecule has 0 radical (unpaired) electrons. The third kappa shape index (κ3) is 7.20. The van der Waals surface area contributed by atoms with Gasteiger partial charge in [0.1, 0.15) is 35.4 Å². The number of aliphatic hydroxyl groups is 1. The van der Waals surface area contributed by atoms with Gasteiger partial charge in [0.05, 0.1) is 38.4 Å². The van der Waals surface area contributed by atoms with Crippen LogP contribution < -0.4 is 20.7 Å². The zero-order valence-corrected chi connectivity index (χ0v) is 31.9. The van der Waals surface area contributed by atoms with E-state index in [1.165, 1.54) is 0 Å². The van der Waals surface area contributed by atoms with Crippen molar-refractivity contribution in [2.75, 3.05) is 20.8 Å². The van der Waals surface area contributed by atoms with Gasteiger partial charge < -0.3 is 33.4 Å². The van der Waals surface area contributed by atoms with Crippen molar-refractivity contribution < 1.29 is 28.8 Å². The summed E-state index contributed by atoms with van der Waals surface area (Å²) in [6.45, 7) is 3.85. The van der Waals surface area contributed by atoms with Gasteiger partial charge in [0, 0.05) is 5.56 Å². The Kier molecular flexibility index (Phi) is 10.4. The standard InChI is InChI=1S/C45H42N4O8/c1-27-23-35-36(24-28(27)2)49(41-39(46-35)42(51)48-44(52)47-41)25-37-40(50)38(57-43(56-37)29-11-7-5-8-12-29)26-55-45(30-13-9-6-10-14-30,31-15-19-33(53-3)20-16-31)32-17-21-34(54-4)22-18-32/h5-24,37-38,40,43,50H,25-26H2,1-4H3,(H,48,51,52)/t37-,38+,40-,43-/m0/s1. The molecule has 3 aliphatic heterocycles. The topological polar surface area (TPSA) is 147 Å². The van der Waals surface area contributed by atoms with Crippen molar-refractivity contribution in [3.05, 3.63) is 176 Å². The number of H-pyrrole nitrogens is 1. The number of rotatable bonds is 11. The molecule has 0 unspecified atom stereocenters. The molecule has 0 aliphatic carbocycles. The van der Waals surface area contributed by atoms with Crippen LogP contribution in [0.4, 0.5) is 0 Å². The summed E-state index contributed by atoms with van der Waals surface area (Å²) < 4.78 is 33.1. The first-order chi connectivity index (χ1) is 27.7. The molecule has 5 aromatic carbocycles. The highest BCUT2D eigenvalue weighted by Gasteiger charge is 2.44. The van der Waals surface area contributed by atoms with Crippen molar-refractivity contribution in [2.45, 2.75) is 50.6 Å². The zero-order chi connectivity index (χ0) is 39.7. The Bertz CT molecular complexity index is 2530. The van der Waals surface area contributed by atoms with Crippen LogP contribution in [0.15, 0.2) is 131 Å². The number of hydrogen-bond donors (Lipinski definition) is 2. The molecular formula is C45H42N4O8. The van der Waals surface area contributed by atoms with Crippen LogP contribution in [0.25, 0.3) is 22.6 Å². The minimum absolute atomic E-state index is 0.000930. The smallest absolute Gasteiger partial charge is 0.349 e. The van der Waals surface area contributed by atoms with Crippen molar-refractivity contribution in [2.24, 2.45) is 0 Å². The van der Waals surface area contributed by atoms with Crippen LogP contribution in [-0.4, -0.2) is 63.8 Å². The van der Waals surface area contributed by atoms with E-state index >= 15 is 0 Å². The van der Waals surface area contributed by atoms with E-state index in [0.29, 0.717) is 22.5 Å². The van der Waals surface area contributed by atoms with Crippen LogP contribution in [-0.2, 0) is 26.4 Å². The number of fused-ring (bicyclic) bond motifs is 2. The Morgan fingerprint density at radius 2 is 1.30 bits per heavy atom. The predicted molar refractivity (Wildman–Crippen MR) is 214 cm³/mol. The van der Waals surface area contributed by atoms with Crippen LogP contribution in [0, 0.1) is 13.8 Å². The van der Waals surface area contributed by atoms with Gasteiger partial charge in [-0.3, -0.25) is 9.78 Å². The number of aromatic amines is 1. The molecule has 4 atom stereocenters. The quantitative estimate of drug-likeness (QED) is 0.118. The summed E-state index contributed by atoms with van der Waals surface area (Å²) in [6.07, 6.45) is -4.01. The second kappa shape index (κ2) is 15.8. The number of nitrogens with zero attached hydrogens (tertiary/aromatic N) is 3. The summed E-state index contributed by atoms with van der Waals surface area (Å²) in [7, 11) is 3.24. The van der Waals surface area contributed by atoms with Crippen LogP contribution in [0.1, 0.15) is 39.7 Å². The van der Waals surface area contributed by atoms with Crippen LogP contribution in [0.3, 0.4) is 0 Å². The fourth-order valence-corrected chi connectivity index (χ4v) is 7.50. The van der Waals surface area contributed by atoms with Gasteiger partial charge in [-0.2, -0.15) is 4.98 Å². The molecular weight excluding hydrogens is 725 g/mol. The van der Waals surface area contributed by atoms with Crippen molar-refractivity contribution in [3.63, 3.8) is 0 Å². The first-order valence-electron chi connectivity index (χ1n) is 18.6. The maximum atomic E-state index is 13.1. The summed E-state index contributed by atoms with van der Waals surface area (Å²) in [6, 6.07) is 38.5. The molecule has 0 spiro atoms. The molecule has 1 fully saturated rings. The van der Waals surface area contributed by atoms with Gasteiger partial charge in [-0.1, -0.05) is 84.9 Å². The number of nitrogens with one attached hydrogen (secondary N) is 1. The van der Waals surface area contributed by atoms with E-state index < -0.39 is 41.5 Å². The van der Waals surface area contributed by atoms with Crippen molar-refractivity contribution in [1.29, 1.82) is 0 Å². The fraction of sp³-hybridized carbons (Fsp3) is 0.244. The SMILES string of the molecule is COc1ccc(C(OC[C@H]2O[C@@H](c3ccccc3)O[C@@H](Cn3c4nc(=O)[nH]c(=O)c-4nc4cc(C)c(C)cc43)[C@@H]2O)(c2ccccc2)c2ccc(OC)cc2)cc1. The average molecular weight is 767 g/mol. The van der Waals surface area contributed by atoms with Gasteiger partial charge in [-0.05, 0) is 78.1 Å². The van der Waals surface area contributed by atoms with Crippen molar-refractivity contribution in [1.82, 2.24) is 19.5 Å². The van der Waals surface area contributed by atoms with Gasteiger partial charge in [-0.25, -0.2) is 9.78 Å². The minimum atomic E-state index is -1.25. The van der Waals surface area contributed by atoms with E-state index in [1.807, 2.05) is 135 Å². The molecule has 0 bridgehead atoms. The minimum Gasteiger partial charge on any atom is -0.497 e. The number of aliphatic hydroxyl groups excluding tert-OH is 1. The highest BCUT2D eigenvalue weighted by Crippen LogP contribution is 2.43. The Hall–Kier alpha value is -6.18. The molecule has 290 valence electrons. The molecule has 0 amide bonds. The van der Waals surface area contributed by atoms with Crippen LogP contribution in [0.5, 0.6) is 11.5 Å². The molecule has 2 N–H and O–H groups in total. The number of aromatic nitrogens is 4. The maximum absolute atomic E-state index is 13.1. The highest BCUT2D eigenvalue weighted by molar-refractivity contribution is 5.81. The van der Waals surface area contributed by atoms with Crippen molar-refractivity contribution >= 4 is 11.0 Å². The summed E-state index contributed by atoms with van der Waals surface area (Å²) in [5.74, 6) is 1.45. The lowest BCUT2D eigenvalue weighted by Crippen LogP contribution is -2.52. The number of methoxy groups -OCH3 is 2. The molecule has 12 heteroatoms. The predicted octanol–water partition coefficient (Wildman–Crippen LogP) is 6.07. The number of ether oxygens (including phenoxy) is 5. The molecule has 3 heterocycles. The lowest BCUT2D eigenvalue weighted by atomic mass is 9.80. The number of aryl methyl sites for hydroxylation is 2. The normalized spacial score (nSPS) is 18.5. The lowest BCUT2D eigenvalue weighted by molar-refractivity contribution is -0.301. The monoisotopic (exact) mass is 766 g/mol. The van der Waals surface area contributed by atoms with E-state index in [-0.39, 0.29) is 24.7 Å². The van der Waals surface area contributed by atoms with Gasteiger partial charge >= 0.3 is 5.69 Å². The number of benzene rings is 5. The molecule has 1 saturated heterocycles. The Labute approximate surface area is 328 Å². The molecule has 8 rings (SSSR count). The van der Waals surface area contributed by atoms with Crippen LogP contribution >= 0.6 is 0 Å². The third-order valence-corrected chi connectivity index (χ3v) is 10.7. The first kappa shape index (κ1) is 37.7. The van der Waals surface area contributed by atoms with Crippen LogP contribution in [0.2, 0.25) is 0 Å². The molecule has 3 aliphatic rings. The Morgan fingerprint density at radius 1 is 0.737 bits per heavy atom. The lowest BCUT2D eigenvalue weighted by Gasteiger charge is -2.42. The summed E-state index contributed by atoms with van der Waals surface area (Å²) in [4.78, 5) is 36.8.